The number of carbonyl (C=O) groups is 2. The van der Waals surface area contributed by atoms with Gasteiger partial charge in [-0.25, -0.2) is 0 Å². The Morgan fingerprint density at radius 1 is 1.08 bits per heavy atom. The Bertz CT molecular complexity index is 1430. The fourth-order valence-electron chi connectivity index (χ4n) is 3.68. The highest BCUT2D eigenvalue weighted by Gasteiger charge is 2.35. The molecule has 1 saturated heterocycles. The summed E-state index contributed by atoms with van der Waals surface area (Å²) in [5.74, 6) is 0.801. The molecule has 1 aliphatic heterocycles. The molecule has 2 amide bonds. The lowest BCUT2D eigenvalue weighted by Crippen LogP contribution is -2.32. The number of hydrogen-bond donors (Lipinski definition) is 0. The van der Waals surface area contributed by atoms with Crippen LogP contribution in [0.1, 0.15) is 16.7 Å². The zero-order valence-electron chi connectivity index (χ0n) is 20.5. The second kappa shape index (κ2) is 12.0. The number of nitro groups is 1. The normalized spacial score (nSPS) is 14.2. The summed E-state index contributed by atoms with van der Waals surface area (Å²) in [5, 5.41) is 10.8. The van der Waals surface area contributed by atoms with Crippen molar-refractivity contribution in [1.82, 2.24) is 4.90 Å². The van der Waals surface area contributed by atoms with E-state index in [9.17, 15) is 19.7 Å². The lowest BCUT2D eigenvalue weighted by molar-refractivity contribution is -0.384. The molecule has 11 heteroatoms. The Labute approximate surface area is 228 Å². The summed E-state index contributed by atoms with van der Waals surface area (Å²) in [6.45, 7) is 2.27. The largest absolute Gasteiger partial charge is 0.493 e. The van der Waals surface area contributed by atoms with E-state index in [1.807, 2.05) is 31.2 Å². The molecule has 0 aromatic heterocycles. The Kier molecular flexibility index (Phi) is 8.55. The third kappa shape index (κ3) is 6.45. The van der Waals surface area contributed by atoms with E-state index in [-0.39, 0.29) is 46.4 Å². The monoisotopic (exact) mass is 554 g/mol. The molecule has 0 spiro atoms. The standard InChI is InChI=1S/C27H23ClN2O7S/c1-17-5-3-8-21(11-17)36-10-9-29-26(31)24(38-27(29)32)15-19-13-22(28)25(23(14-19)35-2)37-16-18-6-4-7-20(12-18)30(33)34/h3-8,11-15H,9-10,16H2,1-2H3/b24-15-. The van der Waals surface area contributed by atoms with Crippen molar-refractivity contribution in [3.63, 3.8) is 0 Å². The molecule has 0 saturated carbocycles. The van der Waals surface area contributed by atoms with E-state index in [0.717, 1.165) is 22.2 Å². The number of nitro benzene ring substituents is 1. The molecule has 3 aromatic carbocycles. The van der Waals surface area contributed by atoms with Crippen LogP contribution in [0.3, 0.4) is 0 Å². The van der Waals surface area contributed by atoms with Crippen LogP contribution in [0.2, 0.25) is 5.02 Å². The fraction of sp³-hybridized carbons (Fsp3) is 0.185. The number of non-ortho nitro benzene ring substituents is 1. The van der Waals surface area contributed by atoms with E-state index in [4.69, 9.17) is 25.8 Å². The summed E-state index contributed by atoms with van der Waals surface area (Å²) in [4.78, 5) is 37.3. The average molecular weight is 555 g/mol. The first-order chi connectivity index (χ1) is 18.2. The van der Waals surface area contributed by atoms with Gasteiger partial charge in [-0.2, -0.15) is 0 Å². The van der Waals surface area contributed by atoms with Gasteiger partial charge in [-0.05, 0) is 65.7 Å². The number of imide groups is 1. The fourth-order valence-corrected chi connectivity index (χ4v) is 4.82. The number of rotatable bonds is 10. The SMILES string of the molecule is COc1cc(/C=C2\SC(=O)N(CCOc3cccc(C)c3)C2=O)cc(Cl)c1OCc1cccc([N+](=O)[O-])c1. The number of thioether (sulfide) groups is 1. The summed E-state index contributed by atoms with van der Waals surface area (Å²) >= 11 is 7.28. The summed E-state index contributed by atoms with van der Waals surface area (Å²) < 4.78 is 16.9. The number of hydrogen-bond acceptors (Lipinski definition) is 8. The van der Waals surface area contributed by atoms with Crippen LogP contribution in [-0.2, 0) is 11.4 Å². The minimum atomic E-state index is -0.481. The van der Waals surface area contributed by atoms with Crippen molar-refractivity contribution in [2.75, 3.05) is 20.3 Å². The van der Waals surface area contributed by atoms with Gasteiger partial charge in [-0.3, -0.25) is 24.6 Å². The van der Waals surface area contributed by atoms with Crippen LogP contribution in [0.25, 0.3) is 6.08 Å². The van der Waals surface area contributed by atoms with Gasteiger partial charge < -0.3 is 14.2 Å². The van der Waals surface area contributed by atoms with Crippen LogP contribution in [0.15, 0.2) is 65.6 Å². The molecule has 3 aromatic rings. The van der Waals surface area contributed by atoms with E-state index < -0.39 is 10.8 Å². The summed E-state index contributed by atoms with van der Waals surface area (Å²) in [6, 6.07) is 16.8. The number of aryl methyl sites for hydroxylation is 1. The maximum atomic E-state index is 12.9. The smallest absolute Gasteiger partial charge is 0.293 e. The molecule has 0 aliphatic carbocycles. The van der Waals surface area contributed by atoms with Gasteiger partial charge >= 0.3 is 0 Å². The van der Waals surface area contributed by atoms with Crippen LogP contribution in [0.4, 0.5) is 10.5 Å². The highest BCUT2D eigenvalue weighted by Crippen LogP contribution is 2.39. The maximum absolute atomic E-state index is 12.9. The van der Waals surface area contributed by atoms with Crippen LogP contribution in [-0.4, -0.2) is 41.2 Å². The highest BCUT2D eigenvalue weighted by atomic mass is 35.5. The van der Waals surface area contributed by atoms with Gasteiger partial charge in [0, 0.05) is 12.1 Å². The van der Waals surface area contributed by atoms with E-state index in [1.54, 1.807) is 30.3 Å². The van der Waals surface area contributed by atoms with Crippen molar-refractivity contribution in [1.29, 1.82) is 0 Å². The second-order valence-electron chi connectivity index (χ2n) is 8.25. The van der Waals surface area contributed by atoms with E-state index >= 15 is 0 Å². The van der Waals surface area contributed by atoms with E-state index in [2.05, 4.69) is 0 Å². The van der Waals surface area contributed by atoms with E-state index in [1.165, 1.54) is 19.2 Å². The zero-order valence-corrected chi connectivity index (χ0v) is 22.1. The molecule has 0 unspecified atom stereocenters. The predicted octanol–water partition coefficient (Wildman–Crippen LogP) is 6.26. The lowest BCUT2D eigenvalue weighted by Gasteiger charge is -2.14. The van der Waals surface area contributed by atoms with Gasteiger partial charge in [0.05, 0.1) is 28.5 Å². The van der Waals surface area contributed by atoms with Crippen LogP contribution >= 0.6 is 23.4 Å². The molecule has 0 bridgehead atoms. The first-order valence-corrected chi connectivity index (χ1v) is 12.6. The maximum Gasteiger partial charge on any atom is 0.293 e. The summed E-state index contributed by atoms with van der Waals surface area (Å²) in [5.41, 5.74) is 2.12. The van der Waals surface area contributed by atoms with Gasteiger partial charge in [-0.1, -0.05) is 35.9 Å². The molecule has 196 valence electrons. The van der Waals surface area contributed by atoms with E-state index in [0.29, 0.717) is 22.6 Å². The third-order valence-electron chi connectivity index (χ3n) is 5.50. The van der Waals surface area contributed by atoms with Gasteiger partial charge in [0.2, 0.25) is 0 Å². The number of carbonyl (C=O) groups excluding carboxylic acids is 2. The number of benzene rings is 3. The molecule has 38 heavy (non-hydrogen) atoms. The molecular weight excluding hydrogens is 532 g/mol. The number of nitrogens with zero attached hydrogens (tertiary/aromatic N) is 2. The predicted molar refractivity (Wildman–Crippen MR) is 145 cm³/mol. The van der Waals surface area contributed by atoms with Crippen molar-refractivity contribution in [3.8, 4) is 17.2 Å². The van der Waals surface area contributed by atoms with Gasteiger partial charge in [-0.15, -0.1) is 0 Å². The first kappa shape index (κ1) is 27.0. The lowest BCUT2D eigenvalue weighted by atomic mass is 10.1. The molecular formula is C27H23ClN2O7S. The minimum Gasteiger partial charge on any atom is -0.493 e. The van der Waals surface area contributed by atoms with Crippen molar-refractivity contribution in [3.05, 3.63) is 97.4 Å². The molecule has 0 atom stereocenters. The van der Waals surface area contributed by atoms with Gasteiger partial charge in [0.1, 0.15) is 19.0 Å². The Morgan fingerprint density at radius 2 is 1.87 bits per heavy atom. The molecule has 1 aliphatic rings. The van der Waals surface area contributed by atoms with Crippen molar-refractivity contribution in [2.45, 2.75) is 13.5 Å². The molecule has 1 heterocycles. The number of amides is 2. The average Bonchev–Trinajstić information content (AvgIpc) is 3.15. The zero-order chi connectivity index (χ0) is 27.2. The highest BCUT2D eigenvalue weighted by molar-refractivity contribution is 8.18. The van der Waals surface area contributed by atoms with Crippen molar-refractivity contribution >= 4 is 46.3 Å². The molecule has 1 fully saturated rings. The summed E-state index contributed by atoms with van der Waals surface area (Å²) in [6.07, 6.45) is 1.56. The molecule has 9 nitrogen and oxygen atoms in total. The van der Waals surface area contributed by atoms with Gasteiger partial charge in [0.15, 0.2) is 11.5 Å². The van der Waals surface area contributed by atoms with Crippen LogP contribution in [0, 0.1) is 17.0 Å². The topological polar surface area (TPSA) is 108 Å². The second-order valence-corrected chi connectivity index (χ2v) is 9.65. The molecule has 0 N–H and O–H groups in total. The third-order valence-corrected chi connectivity index (χ3v) is 6.69. The Morgan fingerprint density at radius 3 is 2.61 bits per heavy atom. The van der Waals surface area contributed by atoms with Crippen molar-refractivity contribution < 1.29 is 28.7 Å². The number of ether oxygens (including phenoxy) is 3. The minimum absolute atomic E-state index is 0.0284. The quantitative estimate of drug-likeness (QED) is 0.164. The summed E-state index contributed by atoms with van der Waals surface area (Å²) in [7, 11) is 1.44. The Hall–Kier alpha value is -4.02. The van der Waals surface area contributed by atoms with Crippen molar-refractivity contribution in [2.24, 2.45) is 0 Å². The van der Waals surface area contributed by atoms with Crippen LogP contribution in [0.5, 0.6) is 17.2 Å². The first-order valence-electron chi connectivity index (χ1n) is 11.4. The van der Waals surface area contributed by atoms with Crippen LogP contribution < -0.4 is 14.2 Å². The van der Waals surface area contributed by atoms with Gasteiger partial charge in [0.25, 0.3) is 16.8 Å². The Balaban J connectivity index is 1.44. The number of methoxy groups -OCH3 is 1. The number of halogens is 1. The molecule has 4 rings (SSSR count). The molecule has 0 radical (unpaired) electrons.